The Balaban J connectivity index is 2.32. The molecule has 0 saturated heterocycles. The first-order chi connectivity index (χ1) is 13.9. The van der Waals surface area contributed by atoms with Crippen molar-refractivity contribution in [2.24, 2.45) is 10.4 Å². The Kier molecular flexibility index (Phi) is 7.92. The van der Waals surface area contributed by atoms with Crippen molar-refractivity contribution in [3.8, 4) is 5.75 Å². The number of esters is 1. The Bertz CT molecular complexity index is 747. The molecule has 0 fully saturated rings. The zero-order valence-electron chi connectivity index (χ0n) is 19.8. The van der Waals surface area contributed by atoms with Crippen LogP contribution in [0, 0.1) is 5.41 Å². The number of aliphatic imine (C=N–C) groups is 1. The number of hydrogen-bond donors (Lipinski definition) is 0. The highest BCUT2D eigenvalue weighted by molar-refractivity contribution is 5.72. The number of rotatable bonds is 7. The molecule has 0 aliphatic carbocycles. The lowest BCUT2D eigenvalue weighted by molar-refractivity contribution is -0.156. The molecule has 1 aromatic rings. The SMILES string of the molecule is COC[C@@H](N=CN1CCc2cc(OC)ccc2[C@@H]1CC(=O)OC(C)(C)C)C(C)(C)C. The zero-order valence-corrected chi connectivity index (χ0v) is 19.8. The van der Waals surface area contributed by atoms with Gasteiger partial charge in [0.2, 0.25) is 0 Å². The Labute approximate surface area is 181 Å². The molecule has 0 unspecified atom stereocenters. The second-order valence-electron chi connectivity index (χ2n) is 9.96. The maximum atomic E-state index is 12.7. The molecule has 1 aliphatic rings. The largest absolute Gasteiger partial charge is 0.497 e. The monoisotopic (exact) mass is 418 g/mol. The van der Waals surface area contributed by atoms with Gasteiger partial charge in [-0.05, 0) is 55.9 Å². The van der Waals surface area contributed by atoms with Crippen LogP contribution in [0.5, 0.6) is 5.75 Å². The molecule has 0 saturated carbocycles. The molecule has 1 aliphatic heterocycles. The highest BCUT2D eigenvalue weighted by Gasteiger charge is 2.31. The summed E-state index contributed by atoms with van der Waals surface area (Å²) < 4.78 is 16.4. The van der Waals surface area contributed by atoms with Crippen LogP contribution >= 0.6 is 0 Å². The molecule has 168 valence electrons. The average Bonchev–Trinajstić information content (AvgIpc) is 2.63. The lowest BCUT2D eigenvalue weighted by Crippen LogP contribution is -2.38. The molecule has 0 N–H and O–H groups in total. The second-order valence-corrected chi connectivity index (χ2v) is 9.96. The lowest BCUT2D eigenvalue weighted by atomic mass is 9.87. The van der Waals surface area contributed by atoms with Gasteiger partial charge in [0, 0.05) is 13.7 Å². The first kappa shape index (κ1) is 24.2. The highest BCUT2D eigenvalue weighted by Crippen LogP contribution is 2.34. The number of ether oxygens (including phenoxy) is 3. The van der Waals surface area contributed by atoms with Crippen LogP contribution < -0.4 is 4.74 Å². The average molecular weight is 419 g/mol. The van der Waals surface area contributed by atoms with Crippen LogP contribution in [0.2, 0.25) is 0 Å². The fraction of sp³-hybridized carbons (Fsp3) is 0.667. The lowest BCUT2D eigenvalue weighted by Gasteiger charge is -2.37. The number of hydrogen-bond acceptors (Lipinski definition) is 5. The highest BCUT2D eigenvalue weighted by atomic mass is 16.6. The molecule has 2 rings (SSSR count). The van der Waals surface area contributed by atoms with Crippen LogP contribution in [0.3, 0.4) is 0 Å². The summed E-state index contributed by atoms with van der Waals surface area (Å²) in [4.78, 5) is 19.7. The third-order valence-electron chi connectivity index (χ3n) is 5.25. The van der Waals surface area contributed by atoms with Crippen molar-refractivity contribution in [3.05, 3.63) is 29.3 Å². The summed E-state index contributed by atoms with van der Waals surface area (Å²) in [5.74, 6) is 0.624. The number of fused-ring (bicyclic) bond motifs is 1. The smallest absolute Gasteiger partial charge is 0.308 e. The molecule has 0 aromatic heterocycles. The van der Waals surface area contributed by atoms with E-state index in [0.717, 1.165) is 24.3 Å². The fourth-order valence-electron chi connectivity index (χ4n) is 3.58. The van der Waals surface area contributed by atoms with Crippen molar-refractivity contribution < 1.29 is 19.0 Å². The van der Waals surface area contributed by atoms with Gasteiger partial charge in [-0.15, -0.1) is 0 Å². The van der Waals surface area contributed by atoms with Crippen LogP contribution in [-0.4, -0.2) is 56.2 Å². The Morgan fingerprint density at radius 3 is 2.50 bits per heavy atom. The third kappa shape index (κ3) is 6.73. The first-order valence-electron chi connectivity index (χ1n) is 10.6. The predicted molar refractivity (Wildman–Crippen MR) is 120 cm³/mol. The van der Waals surface area contributed by atoms with Gasteiger partial charge in [-0.1, -0.05) is 26.8 Å². The van der Waals surface area contributed by atoms with Crippen LogP contribution in [0.1, 0.15) is 65.1 Å². The van der Waals surface area contributed by atoms with Gasteiger partial charge in [0.25, 0.3) is 0 Å². The van der Waals surface area contributed by atoms with Gasteiger partial charge in [0.1, 0.15) is 11.4 Å². The van der Waals surface area contributed by atoms with Crippen molar-refractivity contribution in [3.63, 3.8) is 0 Å². The van der Waals surface area contributed by atoms with Crippen LogP contribution in [-0.2, 0) is 20.7 Å². The quantitative estimate of drug-likeness (QED) is 0.373. The van der Waals surface area contributed by atoms with Gasteiger partial charge in [-0.25, -0.2) is 0 Å². The molecule has 1 heterocycles. The molecular weight excluding hydrogens is 380 g/mol. The standard InChI is InChI=1S/C24H38N2O4/c1-23(2,3)21(15-28-7)25-16-26-12-11-17-13-18(29-8)9-10-19(17)20(26)14-22(27)30-24(4,5)6/h9-10,13,16,20-21H,11-12,14-15H2,1-8H3/t20-,21+/m0/s1. The summed E-state index contributed by atoms with van der Waals surface area (Å²) in [6.45, 7) is 13.5. The van der Waals surface area contributed by atoms with E-state index in [1.807, 2.05) is 33.2 Å². The third-order valence-corrected chi connectivity index (χ3v) is 5.25. The molecule has 0 amide bonds. The maximum absolute atomic E-state index is 12.7. The Hall–Kier alpha value is -2.08. The molecule has 1 aromatic carbocycles. The van der Waals surface area contributed by atoms with E-state index in [2.05, 4.69) is 37.8 Å². The molecular formula is C24H38N2O4. The molecule has 6 nitrogen and oxygen atoms in total. The van der Waals surface area contributed by atoms with E-state index in [1.54, 1.807) is 14.2 Å². The van der Waals surface area contributed by atoms with Gasteiger partial charge in [0.15, 0.2) is 0 Å². The number of methoxy groups -OCH3 is 2. The van der Waals surface area contributed by atoms with Gasteiger partial charge in [-0.3, -0.25) is 9.79 Å². The van der Waals surface area contributed by atoms with Crippen molar-refractivity contribution in [2.75, 3.05) is 27.4 Å². The van der Waals surface area contributed by atoms with E-state index in [-0.39, 0.29) is 29.9 Å². The number of carbonyl (C=O) groups is 1. The first-order valence-corrected chi connectivity index (χ1v) is 10.6. The van der Waals surface area contributed by atoms with Crippen molar-refractivity contribution in [2.45, 2.75) is 72.1 Å². The zero-order chi connectivity index (χ0) is 22.5. The Morgan fingerprint density at radius 2 is 1.93 bits per heavy atom. The second kappa shape index (κ2) is 9.82. The summed E-state index contributed by atoms with van der Waals surface area (Å²) in [6.07, 6.45) is 3.04. The summed E-state index contributed by atoms with van der Waals surface area (Å²) in [5, 5.41) is 0. The van der Waals surface area contributed by atoms with Crippen molar-refractivity contribution >= 4 is 12.3 Å². The van der Waals surface area contributed by atoms with Crippen LogP contribution in [0.15, 0.2) is 23.2 Å². The molecule has 0 spiro atoms. The molecule has 0 radical (unpaired) electrons. The normalized spacial score (nSPS) is 18.3. The number of nitrogens with zero attached hydrogens (tertiary/aromatic N) is 2. The van der Waals surface area contributed by atoms with E-state index in [0.29, 0.717) is 6.61 Å². The summed E-state index contributed by atoms with van der Waals surface area (Å²) in [7, 11) is 3.37. The number of benzene rings is 1. The van der Waals surface area contributed by atoms with Gasteiger partial charge >= 0.3 is 5.97 Å². The maximum Gasteiger partial charge on any atom is 0.308 e. The van der Waals surface area contributed by atoms with E-state index < -0.39 is 5.60 Å². The Morgan fingerprint density at radius 1 is 1.23 bits per heavy atom. The summed E-state index contributed by atoms with van der Waals surface area (Å²) in [5.41, 5.74) is 1.80. The van der Waals surface area contributed by atoms with Crippen LogP contribution in [0.4, 0.5) is 0 Å². The minimum atomic E-state index is -0.511. The van der Waals surface area contributed by atoms with E-state index in [1.165, 1.54) is 5.56 Å². The summed E-state index contributed by atoms with van der Waals surface area (Å²) >= 11 is 0. The fourth-order valence-corrected chi connectivity index (χ4v) is 3.58. The summed E-state index contributed by atoms with van der Waals surface area (Å²) in [6, 6.07) is 5.97. The molecule has 6 heteroatoms. The minimum absolute atomic E-state index is 0.0196. The van der Waals surface area contributed by atoms with Gasteiger partial charge in [0.05, 0.1) is 38.6 Å². The molecule has 30 heavy (non-hydrogen) atoms. The molecule has 2 atom stereocenters. The van der Waals surface area contributed by atoms with Gasteiger partial charge in [-0.2, -0.15) is 0 Å². The predicted octanol–water partition coefficient (Wildman–Crippen LogP) is 4.42. The molecule has 0 bridgehead atoms. The van der Waals surface area contributed by atoms with Crippen molar-refractivity contribution in [1.29, 1.82) is 0 Å². The van der Waals surface area contributed by atoms with E-state index in [9.17, 15) is 4.79 Å². The van der Waals surface area contributed by atoms with Crippen molar-refractivity contribution in [1.82, 2.24) is 4.90 Å². The number of carbonyl (C=O) groups excluding carboxylic acids is 1. The van der Waals surface area contributed by atoms with E-state index in [4.69, 9.17) is 19.2 Å². The van der Waals surface area contributed by atoms with E-state index >= 15 is 0 Å². The van der Waals surface area contributed by atoms with Gasteiger partial charge < -0.3 is 19.1 Å². The topological polar surface area (TPSA) is 60.4 Å². The van der Waals surface area contributed by atoms with Crippen LogP contribution in [0.25, 0.3) is 0 Å². The minimum Gasteiger partial charge on any atom is -0.497 e.